The average molecular weight is 284 g/mol. The van der Waals surface area contributed by atoms with Crippen LogP contribution in [0.4, 0.5) is 5.69 Å². The Kier molecular flexibility index (Phi) is 4.49. The largest absolute Gasteiger partial charge is 0.457 e. The van der Waals surface area contributed by atoms with Crippen LogP contribution in [0.25, 0.3) is 0 Å². The van der Waals surface area contributed by atoms with Crippen molar-refractivity contribution in [2.45, 2.75) is 26.4 Å². The van der Waals surface area contributed by atoms with Crippen molar-refractivity contribution in [2.24, 2.45) is 7.05 Å². The standard InChI is InChI=1S/C12H16N2O6/c1-12(2,3)20-10(15)7-19-11(16)9-5-8(14(17)18)6-13(9)4/h5-6H,7H2,1-4H3. The van der Waals surface area contributed by atoms with Crippen LogP contribution in [0.15, 0.2) is 12.3 Å². The van der Waals surface area contributed by atoms with Crippen LogP contribution in [0.3, 0.4) is 0 Å². The van der Waals surface area contributed by atoms with Crippen molar-refractivity contribution >= 4 is 17.6 Å². The summed E-state index contributed by atoms with van der Waals surface area (Å²) in [6, 6.07) is 1.08. The van der Waals surface area contributed by atoms with E-state index in [2.05, 4.69) is 0 Å². The number of ether oxygens (including phenoxy) is 2. The Balaban J connectivity index is 2.64. The third-order valence-corrected chi connectivity index (χ3v) is 2.15. The van der Waals surface area contributed by atoms with Gasteiger partial charge >= 0.3 is 11.9 Å². The first kappa shape index (κ1) is 15.7. The molecule has 0 bridgehead atoms. The monoisotopic (exact) mass is 284 g/mol. The summed E-state index contributed by atoms with van der Waals surface area (Å²) in [6.45, 7) is 4.52. The van der Waals surface area contributed by atoms with E-state index >= 15 is 0 Å². The number of rotatable bonds is 4. The molecule has 1 rings (SSSR count). The Morgan fingerprint density at radius 1 is 1.40 bits per heavy atom. The number of carbonyl (C=O) groups excluding carboxylic acids is 2. The van der Waals surface area contributed by atoms with Gasteiger partial charge in [-0.2, -0.15) is 0 Å². The second kappa shape index (κ2) is 5.72. The first-order valence-corrected chi connectivity index (χ1v) is 5.80. The second-order valence-corrected chi connectivity index (χ2v) is 5.11. The molecule has 8 nitrogen and oxygen atoms in total. The maximum absolute atomic E-state index is 11.7. The normalized spacial score (nSPS) is 11.0. The molecule has 0 unspecified atom stereocenters. The molecule has 0 saturated heterocycles. The number of hydrogen-bond acceptors (Lipinski definition) is 6. The lowest BCUT2D eigenvalue weighted by molar-refractivity contribution is -0.384. The zero-order valence-electron chi connectivity index (χ0n) is 11.7. The molecule has 0 aliphatic heterocycles. The van der Waals surface area contributed by atoms with Crippen LogP contribution < -0.4 is 0 Å². The highest BCUT2D eigenvalue weighted by Gasteiger charge is 2.21. The zero-order valence-corrected chi connectivity index (χ0v) is 11.7. The van der Waals surface area contributed by atoms with Gasteiger partial charge in [-0.1, -0.05) is 0 Å². The van der Waals surface area contributed by atoms with Crippen molar-refractivity contribution in [2.75, 3.05) is 6.61 Å². The third kappa shape index (κ3) is 4.38. The first-order valence-electron chi connectivity index (χ1n) is 5.80. The summed E-state index contributed by atoms with van der Waals surface area (Å²) < 4.78 is 11.0. The number of aryl methyl sites for hydroxylation is 1. The van der Waals surface area contributed by atoms with Crippen molar-refractivity contribution in [1.29, 1.82) is 0 Å². The topological polar surface area (TPSA) is 101 Å². The fourth-order valence-corrected chi connectivity index (χ4v) is 1.42. The summed E-state index contributed by atoms with van der Waals surface area (Å²) in [6.07, 6.45) is 1.18. The summed E-state index contributed by atoms with van der Waals surface area (Å²) >= 11 is 0. The SMILES string of the molecule is Cn1cc([N+](=O)[O-])cc1C(=O)OCC(=O)OC(C)(C)C. The molecule has 0 aliphatic rings. The third-order valence-electron chi connectivity index (χ3n) is 2.15. The molecule has 1 aromatic heterocycles. The molecule has 0 atom stereocenters. The van der Waals surface area contributed by atoms with Gasteiger partial charge in [0.1, 0.15) is 11.3 Å². The van der Waals surface area contributed by atoms with Crippen LogP contribution >= 0.6 is 0 Å². The lowest BCUT2D eigenvalue weighted by atomic mass is 10.2. The van der Waals surface area contributed by atoms with Gasteiger partial charge in [-0.15, -0.1) is 0 Å². The number of nitrogens with zero attached hydrogens (tertiary/aromatic N) is 2. The van der Waals surface area contributed by atoms with Crippen molar-refractivity contribution in [3.63, 3.8) is 0 Å². The van der Waals surface area contributed by atoms with Gasteiger partial charge in [-0.3, -0.25) is 10.1 Å². The van der Waals surface area contributed by atoms with Crippen molar-refractivity contribution < 1.29 is 24.0 Å². The van der Waals surface area contributed by atoms with Crippen molar-refractivity contribution in [3.8, 4) is 0 Å². The molecule has 20 heavy (non-hydrogen) atoms. The second-order valence-electron chi connectivity index (χ2n) is 5.11. The number of carbonyl (C=O) groups is 2. The van der Waals surface area contributed by atoms with Gasteiger partial charge in [0, 0.05) is 13.1 Å². The Hall–Kier alpha value is -2.38. The molecular weight excluding hydrogens is 268 g/mol. The molecule has 0 radical (unpaired) electrons. The van der Waals surface area contributed by atoms with E-state index in [9.17, 15) is 19.7 Å². The van der Waals surface area contributed by atoms with E-state index in [1.807, 2.05) is 0 Å². The molecule has 1 aromatic rings. The number of aromatic nitrogens is 1. The van der Waals surface area contributed by atoms with Crippen LogP contribution in [-0.2, 0) is 21.3 Å². The quantitative estimate of drug-likeness (QED) is 0.471. The Morgan fingerprint density at radius 2 is 2.00 bits per heavy atom. The molecule has 110 valence electrons. The smallest absolute Gasteiger partial charge is 0.355 e. The average Bonchev–Trinajstić information content (AvgIpc) is 2.66. The maximum atomic E-state index is 11.7. The van der Waals surface area contributed by atoms with Gasteiger partial charge in [0.15, 0.2) is 6.61 Å². The van der Waals surface area contributed by atoms with Gasteiger partial charge in [-0.05, 0) is 20.8 Å². The Labute approximate surface area is 115 Å². The highest BCUT2D eigenvalue weighted by molar-refractivity contribution is 5.90. The molecule has 0 saturated carbocycles. The van der Waals surface area contributed by atoms with Gasteiger partial charge < -0.3 is 14.0 Å². The van der Waals surface area contributed by atoms with Gasteiger partial charge in [0.25, 0.3) is 5.69 Å². The summed E-state index contributed by atoms with van der Waals surface area (Å²) in [5.41, 5.74) is -0.912. The van der Waals surface area contributed by atoms with Crippen molar-refractivity contribution in [1.82, 2.24) is 4.57 Å². The molecule has 0 amide bonds. The van der Waals surface area contributed by atoms with E-state index in [0.29, 0.717) is 0 Å². The van der Waals surface area contributed by atoms with E-state index in [1.165, 1.54) is 17.8 Å². The van der Waals surface area contributed by atoms with E-state index < -0.39 is 29.1 Å². The minimum absolute atomic E-state index is 0.0136. The highest BCUT2D eigenvalue weighted by Crippen LogP contribution is 2.16. The fourth-order valence-electron chi connectivity index (χ4n) is 1.42. The molecular formula is C12H16N2O6. The number of nitro groups is 1. The summed E-state index contributed by atoms with van der Waals surface area (Å²) in [5, 5.41) is 10.6. The van der Waals surface area contributed by atoms with Crippen LogP contribution in [0, 0.1) is 10.1 Å². The molecule has 0 fully saturated rings. The number of hydrogen-bond donors (Lipinski definition) is 0. The molecule has 0 aromatic carbocycles. The predicted molar refractivity (Wildman–Crippen MR) is 68.2 cm³/mol. The zero-order chi connectivity index (χ0) is 15.5. The fraction of sp³-hybridized carbons (Fsp3) is 0.500. The first-order chi connectivity index (χ1) is 9.10. The van der Waals surface area contributed by atoms with E-state index in [0.717, 1.165) is 6.07 Å². The summed E-state index contributed by atoms with van der Waals surface area (Å²) in [5.74, 6) is -1.51. The lowest BCUT2D eigenvalue weighted by Crippen LogP contribution is -2.27. The number of esters is 2. The minimum atomic E-state index is -0.827. The summed E-state index contributed by atoms with van der Waals surface area (Å²) in [4.78, 5) is 33.0. The summed E-state index contributed by atoms with van der Waals surface area (Å²) in [7, 11) is 1.47. The van der Waals surface area contributed by atoms with Crippen molar-refractivity contribution in [3.05, 3.63) is 28.1 Å². The Morgan fingerprint density at radius 3 is 2.45 bits per heavy atom. The van der Waals surface area contributed by atoms with Gasteiger partial charge in [-0.25, -0.2) is 9.59 Å². The van der Waals surface area contributed by atoms with Gasteiger partial charge in [0.05, 0.1) is 11.1 Å². The van der Waals surface area contributed by atoms with E-state index in [-0.39, 0.29) is 11.4 Å². The molecule has 0 aliphatic carbocycles. The molecule has 1 heterocycles. The maximum Gasteiger partial charge on any atom is 0.355 e. The molecule has 0 spiro atoms. The molecule has 0 N–H and O–H groups in total. The van der Waals surface area contributed by atoms with Crippen LogP contribution in [0.2, 0.25) is 0 Å². The van der Waals surface area contributed by atoms with E-state index in [4.69, 9.17) is 9.47 Å². The minimum Gasteiger partial charge on any atom is -0.457 e. The Bertz CT molecular complexity index is 541. The molecule has 8 heteroatoms. The van der Waals surface area contributed by atoms with Crippen LogP contribution in [0.5, 0.6) is 0 Å². The van der Waals surface area contributed by atoms with Gasteiger partial charge in [0.2, 0.25) is 0 Å². The van der Waals surface area contributed by atoms with E-state index in [1.54, 1.807) is 20.8 Å². The highest BCUT2D eigenvalue weighted by atomic mass is 16.6. The van der Waals surface area contributed by atoms with Crippen LogP contribution in [0.1, 0.15) is 31.3 Å². The van der Waals surface area contributed by atoms with Crippen LogP contribution in [-0.4, -0.2) is 33.6 Å². The predicted octanol–water partition coefficient (Wildman–Crippen LogP) is 1.43. The lowest BCUT2D eigenvalue weighted by Gasteiger charge is -2.19.